The van der Waals surface area contributed by atoms with Gasteiger partial charge < -0.3 is 14.4 Å². The van der Waals surface area contributed by atoms with Crippen molar-refractivity contribution in [2.45, 2.75) is 25.9 Å². The number of hydrogen-bond acceptors (Lipinski definition) is 6. The number of aromatic nitrogens is 2. The van der Waals surface area contributed by atoms with Gasteiger partial charge in [0.25, 0.3) is 0 Å². The number of likely N-dealkylation sites (tertiary alicyclic amines) is 2. The molecule has 1 aromatic heterocycles. The fourth-order valence-electron chi connectivity index (χ4n) is 6.11. The molecule has 4 heterocycles. The highest BCUT2D eigenvalue weighted by molar-refractivity contribution is 5.84. The number of methoxy groups -OCH3 is 1. The quantitative estimate of drug-likeness (QED) is 0.648. The lowest BCUT2D eigenvalue weighted by Gasteiger charge is -2.39. The van der Waals surface area contributed by atoms with E-state index in [1.165, 1.54) is 11.1 Å². The van der Waals surface area contributed by atoms with Crippen molar-refractivity contribution < 1.29 is 14.3 Å². The van der Waals surface area contributed by atoms with Crippen molar-refractivity contribution >= 4 is 5.91 Å². The third kappa shape index (κ3) is 4.85. The molecule has 8 nitrogen and oxygen atoms in total. The molecule has 0 unspecified atom stereocenters. The molecule has 184 valence electrons. The van der Waals surface area contributed by atoms with Crippen LogP contribution in [0, 0.1) is 11.3 Å². The third-order valence-corrected chi connectivity index (χ3v) is 7.80. The molecule has 0 bridgehead atoms. The van der Waals surface area contributed by atoms with E-state index in [0.29, 0.717) is 38.1 Å². The Morgan fingerprint density at radius 3 is 2.53 bits per heavy atom. The molecule has 3 aliphatic heterocycles. The maximum Gasteiger partial charge on any atom is 0.230 e. The van der Waals surface area contributed by atoms with Crippen molar-refractivity contribution in [2.75, 3.05) is 59.6 Å². The van der Waals surface area contributed by atoms with E-state index in [1.54, 1.807) is 7.11 Å². The fourth-order valence-corrected chi connectivity index (χ4v) is 6.11. The summed E-state index contributed by atoms with van der Waals surface area (Å²) in [5.41, 5.74) is 2.19. The number of benzene rings is 1. The van der Waals surface area contributed by atoms with Gasteiger partial charge in [0, 0.05) is 64.6 Å². The summed E-state index contributed by atoms with van der Waals surface area (Å²) < 4.78 is 12.7. The van der Waals surface area contributed by atoms with Crippen LogP contribution in [-0.4, -0.2) is 90.0 Å². The van der Waals surface area contributed by atoms with Crippen LogP contribution in [0.25, 0.3) is 0 Å². The number of rotatable bonds is 6. The molecule has 2 aromatic rings. The second-order valence-corrected chi connectivity index (χ2v) is 10.1. The highest BCUT2D eigenvalue weighted by atomic mass is 16.5. The van der Waals surface area contributed by atoms with Gasteiger partial charge in [-0.3, -0.25) is 19.3 Å². The molecule has 3 aliphatic rings. The number of aryl methyl sites for hydroxylation is 1. The Labute approximate surface area is 202 Å². The molecule has 0 N–H and O–H groups in total. The lowest BCUT2D eigenvalue weighted by Crippen LogP contribution is -2.52. The average molecular weight is 468 g/mol. The van der Waals surface area contributed by atoms with Gasteiger partial charge in [-0.15, -0.1) is 0 Å². The fraction of sp³-hybridized carbons (Fsp3) is 0.615. The van der Waals surface area contributed by atoms with Crippen LogP contribution >= 0.6 is 0 Å². The molecular formula is C26H37N5O3. The molecular weight excluding hydrogens is 430 g/mol. The molecule has 0 spiro atoms. The molecule has 8 heteroatoms. The highest BCUT2D eigenvalue weighted by Crippen LogP contribution is 2.45. The zero-order chi connectivity index (χ0) is 23.5. The molecule has 3 fully saturated rings. The van der Waals surface area contributed by atoms with Gasteiger partial charge in [0.15, 0.2) is 0 Å². The number of hydrogen-bond donors (Lipinski definition) is 0. The van der Waals surface area contributed by atoms with E-state index in [1.807, 2.05) is 30.1 Å². The molecule has 1 aromatic carbocycles. The number of ether oxygens (including phenoxy) is 2. The molecule has 1 amide bonds. The van der Waals surface area contributed by atoms with Crippen LogP contribution in [0.2, 0.25) is 0 Å². The summed E-state index contributed by atoms with van der Waals surface area (Å²) in [6.07, 6.45) is 6.03. The van der Waals surface area contributed by atoms with Crippen LogP contribution in [0.3, 0.4) is 0 Å². The van der Waals surface area contributed by atoms with Gasteiger partial charge >= 0.3 is 0 Å². The number of carbonyl (C=O) groups excluding carboxylic acids is 1. The largest absolute Gasteiger partial charge is 0.497 e. The first kappa shape index (κ1) is 23.3. The first-order valence-corrected chi connectivity index (χ1v) is 12.5. The predicted octanol–water partition coefficient (Wildman–Crippen LogP) is 2.00. The summed E-state index contributed by atoms with van der Waals surface area (Å²) in [6, 6.07) is 8.37. The summed E-state index contributed by atoms with van der Waals surface area (Å²) in [5, 5.41) is 4.35. The SMILES string of the molecule is COc1ccc(CN2CCC[C@]3(C(=O)N4CCOCC4)CN(Cc4cnn(C)c4)C[C@@H]3C2)cc1. The van der Waals surface area contributed by atoms with Crippen molar-refractivity contribution in [3.8, 4) is 5.75 Å². The van der Waals surface area contributed by atoms with Crippen molar-refractivity contribution in [1.82, 2.24) is 24.5 Å². The number of fused-ring (bicyclic) bond motifs is 1. The topological polar surface area (TPSA) is 63.1 Å². The number of nitrogens with zero attached hydrogens (tertiary/aromatic N) is 5. The summed E-state index contributed by atoms with van der Waals surface area (Å²) in [7, 11) is 3.66. The molecule has 34 heavy (non-hydrogen) atoms. The van der Waals surface area contributed by atoms with Gasteiger partial charge in [-0.1, -0.05) is 12.1 Å². The summed E-state index contributed by atoms with van der Waals surface area (Å²) in [4.78, 5) is 21.1. The van der Waals surface area contributed by atoms with E-state index in [9.17, 15) is 4.79 Å². The molecule has 0 aliphatic carbocycles. The lowest BCUT2D eigenvalue weighted by molar-refractivity contribution is -0.148. The van der Waals surface area contributed by atoms with Gasteiger partial charge in [0.2, 0.25) is 5.91 Å². The normalized spacial score (nSPS) is 26.3. The van der Waals surface area contributed by atoms with E-state index in [0.717, 1.165) is 57.9 Å². The monoisotopic (exact) mass is 467 g/mol. The van der Waals surface area contributed by atoms with Gasteiger partial charge in [-0.25, -0.2) is 0 Å². The van der Waals surface area contributed by atoms with Crippen LogP contribution in [0.4, 0.5) is 0 Å². The van der Waals surface area contributed by atoms with E-state index in [2.05, 4.69) is 38.1 Å². The summed E-state index contributed by atoms with van der Waals surface area (Å²) in [5.74, 6) is 1.55. The molecule has 3 saturated heterocycles. The Kier molecular flexibility index (Phi) is 6.90. The highest BCUT2D eigenvalue weighted by Gasteiger charge is 2.54. The van der Waals surface area contributed by atoms with E-state index in [-0.39, 0.29) is 5.41 Å². The van der Waals surface area contributed by atoms with E-state index < -0.39 is 0 Å². The number of morpholine rings is 1. The van der Waals surface area contributed by atoms with E-state index in [4.69, 9.17) is 9.47 Å². The lowest BCUT2D eigenvalue weighted by atomic mass is 9.73. The van der Waals surface area contributed by atoms with Crippen LogP contribution < -0.4 is 4.74 Å². The minimum atomic E-state index is -0.311. The first-order chi connectivity index (χ1) is 16.6. The number of carbonyl (C=O) groups is 1. The third-order valence-electron chi connectivity index (χ3n) is 7.80. The van der Waals surface area contributed by atoms with Crippen LogP contribution in [0.15, 0.2) is 36.7 Å². The Hall–Kier alpha value is -2.42. The van der Waals surface area contributed by atoms with Crippen molar-refractivity contribution in [1.29, 1.82) is 0 Å². The van der Waals surface area contributed by atoms with Gasteiger partial charge in [-0.05, 0) is 43.0 Å². The smallest absolute Gasteiger partial charge is 0.230 e. The van der Waals surface area contributed by atoms with E-state index >= 15 is 0 Å². The van der Waals surface area contributed by atoms with Crippen LogP contribution in [0.1, 0.15) is 24.0 Å². The van der Waals surface area contributed by atoms with Gasteiger partial charge in [0.05, 0.1) is 31.9 Å². The summed E-state index contributed by atoms with van der Waals surface area (Å²) in [6.45, 7) is 8.24. The Morgan fingerprint density at radius 2 is 1.82 bits per heavy atom. The molecule has 0 radical (unpaired) electrons. The van der Waals surface area contributed by atoms with Crippen LogP contribution in [0.5, 0.6) is 5.75 Å². The second-order valence-electron chi connectivity index (χ2n) is 10.1. The van der Waals surface area contributed by atoms with Crippen LogP contribution in [-0.2, 0) is 29.7 Å². The maximum absolute atomic E-state index is 14.0. The number of amides is 1. The molecule has 0 saturated carbocycles. The predicted molar refractivity (Wildman–Crippen MR) is 129 cm³/mol. The van der Waals surface area contributed by atoms with Crippen molar-refractivity contribution in [3.05, 3.63) is 47.8 Å². The zero-order valence-corrected chi connectivity index (χ0v) is 20.5. The maximum atomic E-state index is 14.0. The van der Waals surface area contributed by atoms with Gasteiger partial charge in [0.1, 0.15) is 5.75 Å². The zero-order valence-electron chi connectivity index (χ0n) is 20.5. The second kappa shape index (κ2) is 10.1. The molecule has 5 rings (SSSR count). The Bertz CT molecular complexity index is 971. The Balaban J connectivity index is 1.35. The standard InChI is InChI=1S/C26H37N5O3/c1-28-15-22(14-27-28)17-30-19-23-18-29(16-21-4-6-24(33-2)7-5-21)9-3-8-26(23,20-30)25(32)31-10-12-34-13-11-31/h4-7,14-15,23H,3,8-13,16-20H2,1-2H3/t23-,26-/m0/s1. The van der Waals surface area contributed by atoms with Crippen molar-refractivity contribution in [2.24, 2.45) is 18.4 Å². The minimum Gasteiger partial charge on any atom is -0.497 e. The van der Waals surface area contributed by atoms with Gasteiger partial charge in [-0.2, -0.15) is 5.10 Å². The summed E-state index contributed by atoms with van der Waals surface area (Å²) >= 11 is 0. The average Bonchev–Trinajstić information content (AvgIpc) is 3.37. The molecule has 2 atom stereocenters. The first-order valence-electron chi connectivity index (χ1n) is 12.5. The Morgan fingerprint density at radius 1 is 1.09 bits per heavy atom. The van der Waals surface area contributed by atoms with Crippen molar-refractivity contribution in [3.63, 3.8) is 0 Å². The minimum absolute atomic E-state index is 0.311.